The lowest BCUT2D eigenvalue weighted by molar-refractivity contribution is -0.138. The molecule has 1 heterocycles. The highest BCUT2D eigenvalue weighted by atomic mass is 19.4. The predicted octanol–water partition coefficient (Wildman–Crippen LogP) is 5.70. The Kier molecular flexibility index (Phi) is 8.01. The van der Waals surface area contributed by atoms with Crippen LogP contribution in [-0.2, 0) is 17.1 Å². The van der Waals surface area contributed by atoms with E-state index in [0.29, 0.717) is 12.0 Å². The Hall–Kier alpha value is -3.86. The minimum Gasteiger partial charge on any atom is -0.396 e. The summed E-state index contributed by atoms with van der Waals surface area (Å²) >= 11 is 0. The topological polar surface area (TPSA) is 69.6 Å². The second-order valence-electron chi connectivity index (χ2n) is 9.27. The van der Waals surface area contributed by atoms with Crippen LogP contribution in [-0.4, -0.2) is 41.5 Å². The number of likely N-dealkylation sites (tertiary alicyclic amines) is 1. The van der Waals surface area contributed by atoms with Gasteiger partial charge in [-0.15, -0.1) is 0 Å². The van der Waals surface area contributed by atoms with E-state index < -0.39 is 41.3 Å². The zero-order chi connectivity index (χ0) is 28.4. The Labute approximate surface area is 220 Å². The van der Waals surface area contributed by atoms with Gasteiger partial charge in [-0.25, -0.2) is 0 Å². The molecule has 3 aromatic carbocycles. The number of carbonyl (C=O) groups excluding carboxylic acids is 2. The summed E-state index contributed by atoms with van der Waals surface area (Å²) in [6.45, 7) is 0.283. The number of hydrogen-bond acceptors (Lipinski definition) is 3. The van der Waals surface area contributed by atoms with Crippen LogP contribution in [0, 0.1) is 5.92 Å². The lowest BCUT2D eigenvalue weighted by atomic mass is 9.97. The van der Waals surface area contributed by atoms with Crippen LogP contribution in [0.25, 0.3) is 11.1 Å². The average Bonchev–Trinajstić information content (AvgIpc) is 3.40. The number of aliphatic hydroxyl groups excluding tert-OH is 1. The zero-order valence-electron chi connectivity index (χ0n) is 20.4. The number of nitrogens with one attached hydrogen (secondary N) is 1. The molecule has 1 fully saturated rings. The Morgan fingerprint density at radius 1 is 0.897 bits per heavy atom. The Bertz CT molecular complexity index is 1340. The molecule has 1 aliphatic heterocycles. The third kappa shape index (κ3) is 6.42. The van der Waals surface area contributed by atoms with E-state index in [0.717, 1.165) is 30.3 Å². The SMILES string of the molecule is O=C(NC(C(=O)N1CC[C@H](CO)C1)c1cccc(C(F)(F)F)c1)c1ccccc1-c1ccc(C(F)(F)F)cc1. The molecule has 1 saturated heterocycles. The molecular formula is C28H24F6N2O3. The van der Waals surface area contributed by atoms with Crippen molar-refractivity contribution < 1.29 is 41.0 Å². The summed E-state index contributed by atoms with van der Waals surface area (Å²) in [5.41, 5.74) is -1.33. The summed E-state index contributed by atoms with van der Waals surface area (Å²) < 4.78 is 79.3. The monoisotopic (exact) mass is 550 g/mol. The van der Waals surface area contributed by atoms with E-state index in [2.05, 4.69) is 5.32 Å². The van der Waals surface area contributed by atoms with Crippen molar-refractivity contribution in [1.29, 1.82) is 0 Å². The summed E-state index contributed by atoms with van der Waals surface area (Å²) in [6.07, 6.45) is -8.72. The van der Waals surface area contributed by atoms with Crippen molar-refractivity contribution in [2.24, 2.45) is 5.92 Å². The molecule has 206 valence electrons. The maximum atomic E-state index is 13.5. The smallest absolute Gasteiger partial charge is 0.396 e. The molecule has 0 aromatic heterocycles. The molecule has 11 heteroatoms. The minimum absolute atomic E-state index is 0.0247. The molecule has 0 radical (unpaired) electrons. The molecule has 39 heavy (non-hydrogen) atoms. The van der Waals surface area contributed by atoms with Gasteiger partial charge >= 0.3 is 12.4 Å². The Balaban J connectivity index is 1.68. The molecule has 2 amide bonds. The Morgan fingerprint density at radius 2 is 1.56 bits per heavy atom. The van der Waals surface area contributed by atoms with Crippen LogP contribution >= 0.6 is 0 Å². The number of halogens is 6. The summed E-state index contributed by atoms with van der Waals surface area (Å²) in [5, 5.41) is 12.0. The number of amides is 2. The van der Waals surface area contributed by atoms with Gasteiger partial charge in [-0.1, -0.05) is 42.5 Å². The second kappa shape index (κ2) is 11.1. The number of alkyl halides is 6. The van der Waals surface area contributed by atoms with Gasteiger partial charge in [0.05, 0.1) is 11.1 Å². The maximum absolute atomic E-state index is 13.5. The van der Waals surface area contributed by atoms with Crippen LogP contribution in [0.3, 0.4) is 0 Å². The van der Waals surface area contributed by atoms with Gasteiger partial charge in [-0.2, -0.15) is 26.3 Å². The van der Waals surface area contributed by atoms with Crippen molar-refractivity contribution in [3.8, 4) is 11.1 Å². The molecule has 0 bridgehead atoms. The molecule has 0 saturated carbocycles. The van der Waals surface area contributed by atoms with Gasteiger partial charge in [-0.3, -0.25) is 9.59 Å². The van der Waals surface area contributed by atoms with Crippen LogP contribution in [0.4, 0.5) is 26.3 Å². The van der Waals surface area contributed by atoms with E-state index in [1.54, 1.807) is 6.07 Å². The molecule has 0 spiro atoms. The normalized spacial score (nSPS) is 16.7. The van der Waals surface area contributed by atoms with Crippen LogP contribution in [0.5, 0.6) is 0 Å². The number of nitrogens with zero attached hydrogens (tertiary/aromatic N) is 1. The van der Waals surface area contributed by atoms with Crippen molar-refractivity contribution in [3.05, 3.63) is 95.1 Å². The third-order valence-corrected chi connectivity index (χ3v) is 6.62. The van der Waals surface area contributed by atoms with E-state index in [1.807, 2.05) is 0 Å². The number of benzene rings is 3. The zero-order valence-corrected chi connectivity index (χ0v) is 20.4. The Morgan fingerprint density at radius 3 is 2.18 bits per heavy atom. The van der Waals surface area contributed by atoms with Gasteiger partial charge < -0.3 is 15.3 Å². The van der Waals surface area contributed by atoms with Crippen molar-refractivity contribution in [1.82, 2.24) is 10.2 Å². The maximum Gasteiger partial charge on any atom is 0.416 e. The number of rotatable bonds is 6. The molecule has 4 rings (SSSR count). The molecule has 3 aromatic rings. The fourth-order valence-corrected chi connectivity index (χ4v) is 4.53. The third-order valence-electron chi connectivity index (χ3n) is 6.62. The molecule has 2 atom stereocenters. The highest BCUT2D eigenvalue weighted by Crippen LogP contribution is 2.34. The van der Waals surface area contributed by atoms with Gasteiger partial charge in [0.1, 0.15) is 6.04 Å². The first-order valence-electron chi connectivity index (χ1n) is 12.0. The van der Waals surface area contributed by atoms with Crippen molar-refractivity contribution in [3.63, 3.8) is 0 Å². The van der Waals surface area contributed by atoms with E-state index in [4.69, 9.17) is 0 Å². The van der Waals surface area contributed by atoms with Gasteiger partial charge in [0.25, 0.3) is 5.91 Å². The highest BCUT2D eigenvalue weighted by molar-refractivity contribution is 6.03. The fraction of sp³-hybridized carbons (Fsp3) is 0.286. The van der Waals surface area contributed by atoms with Crippen LogP contribution in [0.1, 0.15) is 39.5 Å². The highest BCUT2D eigenvalue weighted by Gasteiger charge is 2.36. The molecule has 2 N–H and O–H groups in total. The quantitative estimate of drug-likeness (QED) is 0.387. The minimum atomic E-state index is -4.68. The van der Waals surface area contributed by atoms with Gasteiger partial charge in [0.2, 0.25) is 5.91 Å². The van der Waals surface area contributed by atoms with Gasteiger partial charge in [0, 0.05) is 31.2 Å². The lowest BCUT2D eigenvalue weighted by Crippen LogP contribution is -2.42. The largest absolute Gasteiger partial charge is 0.416 e. The van der Waals surface area contributed by atoms with Crippen LogP contribution in [0.2, 0.25) is 0 Å². The van der Waals surface area contributed by atoms with E-state index in [9.17, 15) is 41.0 Å². The van der Waals surface area contributed by atoms with Crippen molar-refractivity contribution in [2.45, 2.75) is 24.8 Å². The number of aliphatic hydroxyl groups is 1. The van der Waals surface area contributed by atoms with Gasteiger partial charge in [0.15, 0.2) is 0 Å². The van der Waals surface area contributed by atoms with Crippen molar-refractivity contribution >= 4 is 11.8 Å². The first-order valence-corrected chi connectivity index (χ1v) is 12.0. The molecule has 1 unspecified atom stereocenters. The number of hydrogen-bond donors (Lipinski definition) is 2. The molecule has 0 aliphatic carbocycles. The second-order valence-corrected chi connectivity index (χ2v) is 9.27. The molecular weight excluding hydrogens is 526 g/mol. The van der Waals surface area contributed by atoms with E-state index in [-0.39, 0.29) is 42.3 Å². The average molecular weight is 550 g/mol. The summed E-state index contributed by atoms with van der Waals surface area (Å²) in [7, 11) is 0. The molecule has 5 nitrogen and oxygen atoms in total. The molecule has 1 aliphatic rings. The first-order chi connectivity index (χ1) is 18.4. The lowest BCUT2D eigenvalue weighted by Gasteiger charge is -2.26. The standard InChI is InChI=1S/C28H24F6N2O3/c29-27(30,31)20-10-8-18(9-11-20)22-6-1-2-7-23(22)25(38)35-24(26(39)36-13-12-17(15-36)16-37)19-4-3-5-21(14-19)28(32,33)34/h1-11,14,17,24,37H,12-13,15-16H2,(H,35,38)/t17-,24?/m0/s1. The summed E-state index contributed by atoms with van der Waals surface area (Å²) in [5.74, 6) is -1.61. The number of carbonyl (C=O) groups is 2. The summed E-state index contributed by atoms with van der Waals surface area (Å²) in [4.78, 5) is 28.3. The van der Waals surface area contributed by atoms with Crippen molar-refractivity contribution in [2.75, 3.05) is 19.7 Å². The van der Waals surface area contributed by atoms with Gasteiger partial charge in [-0.05, 0) is 53.4 Å². The first kappa shape index (κ1) is 28.2. The van der Waals surface area contributed by atoms with Crippen LogP contribution in [0.15, 0.2) is 72.8 Å². The predicted molar refractivity (Wildman–Crippen MR) is 130 cm³/mol. The van der Waals surface area contributed by atoms with E-state index >= 15 is 0 Å². The fourth-order valence-electron chi connectivity index (χ4n) is 4.53. The van der Waals surface area contributed by atoms with Crippen LogP contribution < -0.4 is 5.32 Å². The van der Waals surface area contributed by atoms with E-state index in [1.165, 1.54) is 41.3 Å². The summed E-state index contributed by atoms with van der Waals surface area (Å²) in [6, 6.07) is 12.8.